The molecule has 170 valence electrons. The summed E-state index contributed by atoms with van der Waals surface area (Å²) in [4.78, 5) is 41.3. The Balaban J connectivity index is 1.49. The highest BCUT2D eigenvalue weighted by molar-refractivity contribution is 7.91. The number of likely N-dealkylation sites (tertiary alicyclic amines) is 2. The normalized spacial score (nSPS) is 28.7. The minimum absolute atomic E-state index is 0.00384. The summed E-state index contributed by atoms with van der Waals surface area (Å²) in [7, 11) is -3.08. The Labute approximate surface area is 179 Å². The van der Waals surface area contributed by atoms with E-state index in [1.165, 1.54) is 6.42 Å². The van der Waals surface area contributed by atoms with Gasteiger partial charge in [-0.3, -0.25) is 14.4 Å². The van der Waals surface area contributed by atoms with Crippen molar-refractivity contribution in [1.82, 2.24) is 15.1 Å². The van der Waals surface area contributed by atoms with Crippen molar-refractivity contribution in [2.45, 2.75) is 64.3 Å². The average Bonchev–Trinajstić information content (AvgIpc) is 3.28. The first-order chi connectivity index (χ1) is 14.3. The number of nitrogens with zero attached hydrogens (tertiary/aromatic N) is 2. The second kappa shape index (κ2) is 10.1. The molecule has 0 unspecified atom stereocenters. The van der Waals surface area contributed by atoms with Crippen LogP contribution in [-0.4, -0.2) is 79.7 Å². The van der Waals surface area contributed by atoms with Crippen LogP contribution in [0.25, 0.3) is 0 Å². The maximum Gasteiger partial charge on any atom is 0.228 e. The molecule has 8 nitrogen and oxygen atoms in total. The van der Waals surface area contributed by atoms with Crippen LogP contribution in [0.1, 0.15) is 58.3 Å². The number of hydrogen-bond acceptors (Lipinski definition) is 5. The number of carbonyl (C=O) groups is 3. The van der Waals surface area contributed by atoms with E-state index in [4.69, 9.17) is 0 Å². The first-order valence-electron chi connectivity index (χ1n) is 11.4. The van der Waals surface area contributed by atoms with Gasteiger partial charge in [0.2, 0.25) is 17.7 Å². The lowest BCUT2D eigenvalue weighted by Gasteiger charge is -2.33. The molecule has 3 heterocycles. The van der Waals surface area contributed by atoms with E-state index < -0.39 is 15.8 Å². The summed E-state index contributed by atoms with van der Waals surface area (Å²) in [6.07, 6.45) is 6.58. The van der Waals surface area contributed by atoms with Crippen LogP contribution in [-0.2, 0) is 24.2 Å². The summed E-state index contributed by atoms with van der Waals surface area (Å²) in [5.74, 6) is -0.699. The number of sulfone groups is 1. The molecule has 3 amide bonds. The second-order valence-corrected chi connectivity index (χ2v) is 11.2. The van der Waals surface area contributed by atoms with Crippen molar-refractivity contribution in [2.75, 3.05) is 37.7 Å². The summed E-state index contributed by atoms with van der Waals surface area (Å²) < 4.78 is 23.5. The van der Waals surface area contributed by atoms with Crippen molar-refractivity contribution < 1.29 is 22.8 Å². The van der Waals surface area contributed by atoms with E-state index in [2.05, 4.69) is 12.2 Å². The van der Waals surface area contributed by atoms with Crippen molar-refractivity contribution in [3.8, 4) is 0 Å². The van der Waals surface area contributed by atoms with E-state index in [0.717, 1.165) is 32.1 Å². The van der Waals surface area contributed by atoms with Crippen LogP contribution in [0.15, 0.2) is 0 Å². The highest BCUT2D eigenvalue weighted by Crippen LogP contribution is 2.28. The predicted molar refractivity (Wildman–Crippen MR) is 113 cm³/mol. The fourth-order valence-electron chi connectivity index (χ4n) is 4.83. The summed E-state index contributed by atoms with van der Waals surface area (Å²) >= 11 is 0. The van der Waals surface area contributed by atoms with Crippen molar-refractivity contribution in [2.24, 2.45) is 11.8 Å². The first-order valence-corrected chi connectivity index (χ1v) is 13.2. The Morgan fingerprint density at radius 3 is 2.60 bits per heavy atom. The Hall–Kier alpha value is -1.64. The van der Waals surface area contributed by atoms with Gasteiger partial charge < -0.3 is 15.1 Å². The third-order valence-electron chi connectivity index (χ3n) is 6.59. The minimum atomic E-state index is -3.08. The standard InChI is InChI=1S/C21H35N3O5S/c1-2-3-4-5-9-22-20(26)16-7-6-10-23(13-16)21(27)17-12-19(25)24(14-17)18-8-11-30(28,29)15-18/h16-18H,2-15H2,1H3,(H,22,26)/t16-,17-,18+/m1/s1. The molecule has 3 atom stereocenters. The molecule has 1 N–H and O–H groups in total. The van der Waals surface area contributed by atoms with Gasteiger partial charge >= 0.3 is 0 Å². The van der Waals surface area contributed by atoms with Crippen LogP contribution in [0.5, 0.6) is 0 Å². The number of piperidine rings is 1. The van der Waals surface area contributed by atoms with E-state index in [-0.39, 0.29) is 47.6 Å². The minimum Gasteiger partial charge on any atom is -0.356 e. The zero-order chi connectivity index (χ0) is 21.7. The van der Waals surface area contributed by atoms with E-state index in [9.17, 15) is 22.8 Å². The third kappa shape index (κ3) is 5.74. The first kappa shape index (κ1) is 23.0. The predicted octanol–water partition coefficient (Wildman–Crippen LogP) is 0.957. The van der Waals surface area contributed by atoms with Gasteiger partial charge in [-0.25, -0.2) is 8.42 Å². The molecule has 0 bridgehead atoms. The van der Waals surface area contributed by atoms with Gasteiger partial charge in [-0.1, -0.05) is 26.2 Å². The van der Waals surface area contributed by atoms with Crippen molar-refractivity contribution >= 4 is 27.6 Å². The molecule has 0 aromatic heterocycles. The molecular formula is C21H35N3O5S. The maximum atomic E-state index is 13.0. The third-order valence-corrected chi connectivity index (χ3v) is 8.34. The van der Waals surface area contributed by atoms with Crippen molar-refractivity contribution in [1.29, 1.82) is 0 Å². The summed E-state index contributed by atoms with van der Waals surface area (Å²) in [5.41, 5.74) is 0. The van der Waals surface area contributed by atoms with Gasteiger partial charge in [0, 0.05) is 38.6 Å². The average molecular weight is 442 g/mol. The molecule has 3 aliphatic rings. The maximum absolute atomic E-state index is 13.0. The highest BCUT2D eigenvalue weighted by atomic mass is 32.2. The van der Waals surface area contributed by atoms with Crippen LogP contribution in [0.2, 0.25) is 0 Å². The molecule has 9 heteroatoms. The summed E-state index contributed by atoms with van der Waals surface area (Å²) in [6, 6.07) is -0.298. The molecule has 0 radical (unpaired) electrons. The fraction of sp³-hybridized carbons (Fsp3) is 0.857. The molecule has 3 rings (SSSR count). The van der Waals surface area contributed by atoms with E-state index in [1.807, 2.05) is 0 Å². The number of unbranched alkanes of at least 4 members (excludes halogenated alkanes) is 3. The number of carbonyl (C=O) groups excluding carboxylic acids is 3. The lowest BCUT2D eigenvalue weighted by molar-refractivity contribution is -0.139. The van der Waals surface area contributed by atoms with Crippen LogP contribution < -0.4 is 5.32 Å². The van der Waals surface area contributed by atoms with Crippen LogP contribution in [0, 0.1) is 11.8 Å². The van der Waals surface area contributed by atoms with Gasteiger partial charge in [0.15, 0.2) is 9.84 Å². The van der Waals surface area contributed by atoms with Gasteiger partial charge in [-0.2, -0.15) is 0 Å². The Morgan fingerprint density at radius 2 is 1.90 bits per heavy atom. The van der Waals surface area contributed by atoms with Crippen molar-refractivity contribution in [3.63, 3.8) is 0 Å². The van der Waals surface area contributed by atoms with Crippen LogP contribution in [0.4, 0.5) is 0 Å². The number of rotatable bonds is 8. The lowest BCUT2D eigenvalue weighted by Crippen LogP contribution is -2.48. The molecule has 3 aliphatic heterocycles. The quantitative estimate of drug-likeness (QED) is 0.565. The summed E-state index contributed by atoms with van der Waals surface area (Å²) in [5, 5.41) is 3.00. The van der Waals surface area contributed by atoms with Gasteiger partial charge in [0.05, 0.1) is 23.3 Å². The zero-order valence-corrected chi connectivity index (χ0v) is 18.8. The summed E-state index contributed by atoms with van der Waals surface area (Å²) in [6.45, 7) is 4.14. The Kier molecular flexibility index (Phi) is 7.76. The monoisotopic (exact) mass is 441 g/mol. The van der Waals surface area contributed by atoms with E-state index in [0.29, 0.717) is 32.6 Å². The molecule has 30 heavy (non-hydrogen) atoms. The van der Waals surface area contributed by atoms with Crippen LogP contribution in [0.3, 0.4) is 0 Å². The molecule has 0 saturated carbocycles. The number of amides is 3. The SMILES string of the molecule is CCCCCCNC(=O)[C@@H]1CCCN(C(=O)[C@@H]2CC(=O)N([C@H]3CCS(=O)(=O)C3)C2)C1. The smallest absolute Gasteiger partial charge is 0.228 e. The topological polar surface area (TPSA) is 104 Å². The number of nitrogens with one attached hydrogen (secondary N) is 1. The highest BCUT2D eigenvalue weighted by Gasteiger charge is 2.43. The molecule has 0 aliphatic carbocycles. The van der Waals surface area contributed by atoms with Gasteiger partial charge in [-0.15, -0.1) is 0 Å². The van der Waals surface area contributed by atoms with Crippen LogP contribution >= 0.6 is 0 Å². The Bertz CT molecular complexity index is 754. The van der Waals surface area contributed by atoms with Gasteiger partial charge in [0.25, 0.3) is 0 Å². The molecule has 3 fully saturated rings. The zero-order valence-electron chi connectivity index (χ0n) is 18.0. The molecular weight excluding hydrogens is 406 g/mol. The van der Waals surface area contributed by atoms with Gasteiger partial charge in [-0.05, 0) is 25.7 Å². The van der Waals surface area contributed by atoms with Crippen molar-refractivity contribution in [3.05, 3.63) is 0 Å². The molecule has 0 aromatic carbocycles. The van der Waals surface area contributed by atoms with Gasteiger partial charge in [0.1, 0.15) is 0 Å². The lowest BCUT2D eigenvalue weighted by atomic mass is 9.95. The number of hydrogen-bond donors (Lipinski definition) is 1. The second-order valence-electron chi connectivity index (χ2n) is 8.98. The van der Waals surface area contributed by atoms with E-state index in [1.54, 1.807) is 9.80 Å². The van der Waals surface area contributed by atoms with E-state index >= 15 is 0 Å². The fourth-order valence-corrected chi connectivity index (χ4v) is 6.56. The molecule has 0 aromatic rings. The molecule has 0 spiro atoms. The largest absolute Gasteiger partial charge is 0.356 e. The molecule has 3 saturated heterocycles. The Morgan fingerprint density at radius 1 is 1.10 bits per heavy atom.